The van der Waals surface area contributed by atoms with E-state index in [0.29, 0.717) is 17.6 Å². The number of nitrogens with one attached hydrogen (secondary N) is 1. The van der Waals surface area contributed by atoms with Gasteiger partial charge in [0.2, 0.25) is 0 Å². The third-order valence-electron chi connectivity index (χ3n) is 5.99. The molecule has 1 heterocycles. The molecule has 0 radical (unpaired) electrons. The van der Waals surface area contributed by atoms with Crippen molar-refractivity contribution in [1.82, 2.24) is 5.32 Å². The van der Waals surface area contributed by atoms with Crippen molar-refractivity contribution in [3.05, 3.63) is 47.2 Å². The molecule has 0 spiro atoms. The number of aliphatic hydroxyl groups is 1. The van der Waals surface area contributed by atoms with E-state index in [-0.39, 0.29) is 11.9 Å². The molecular formula is C19H19NO3. The molecule has 118 valence electrons. The number of carbonyl (C=O) groups excluding carboxylic acids is 1. The van der Waals surface area contributed by atoms with Crippen molar-refractivity contribution >= 4 is 16.9 Å². The lowest BCUT2D eigenvalue weighted by atomic mass is 9.49. The second-order valence-corrected chi connectivity index (χ2v) is 7.31. The second-order valence-electron chi connectivity index (χ2n) is 7.31. The topological polar surface area (TPSA) is 62.5 Å². The number of aryl methyl sites for hydroxylation is 1. The smallest absolute Gasteiger partial charge is 0.287 e. The van der Waals surface area contributed by atoms with Crippen LogP contribution >= 0.6 is 0 Å². The summed E-state index contributed by atoms with van der Waals surface area (Å²) in [7, 11) is 0. The molecule has 3 saturated carbocycles. The van der Waals surface area contributed by atoms with Crippen LogP contribution in [-0.4, -0.2) is 22.7 Å². The van der Waals surface area contributed by atoms with Crippen LogP contribution in [0.1, 0.15) is 35.4 Å². The van der Waals surface area contributed by atoms with Crippen molar-refractivity contribution in [2.45, 2.75) is 37.8 Å². The van der Waals surface area contributed by atoms with E-state index in [4.69, 9.17) is 4.42 Å². The number of amides is 1. The van der Waals surface area contributed by atoms with Gasteiger partial charge in [-0.3, -0.25) is 4.79 Å². The first-order chi connectivity index (χ1) is 11.1. The fraction of sp³-hybridized carbons (Fsp3) is 0.421. The van der Waals surface area contributed by atoms with E-state index in [2.05, 4.69) is 11.4 Å². The Balaban J connectivity index is 1.41. The van der Waals surface area contributed by atoms with Gasteiger partial charge in [-0.15, -0.1) is 0 Å². The Morgan fingerprint density at radius 1 is 1.30 bits per heavy atom. The lowest BCUT2D eigenvalue weighted by Crippen LogP contribution is -2.65. The van der Waals surface area contributed by atoms with Crippen molar-refractivity contribution in [3.8, 4) is 0 Å². The molecule has 3 fully saturated rings. The maximum Gasteiger partial charge on any atom is 0.287 e. The molecule has 0 saturated heterocycles. The molecule has 4 heteroatoms. The Hall–Kier alpha value is -2.07. The third-order valence-corrected chi connectivity index (χ3v) is 5.99. The Kier molecular flexibility index (Phi) is 2.48. The standard InChI is InChI=1S/C19H19NO3/c1-10-11-4-2-3-5-15(11)23-17(10)18(21)20-16-13-8-19(22)7-6-12(13)14(16)9-19/h2-6,13-14,16,22H,7-9H2,1H3,(H,20,21)/t13-,14+,16-,19-. The zero-order valence-corrected chi connectivity index (χ0v) is 13.0. The molecule has 4 bridgehead atoms. The van der Waals surface area contributed by atoms with Gasteiger partial charge in [0.15, 0.2) is 5.76 Å². The van der Waals surface area contributed by atoms with Crippen LogP contribution in [-0.2, 0) is 0 Å². The van der Waals surface area contributed by atoms with Crippen LogP contribution in [0.2, 0.25) is 0 Å². The third kappa shape index (κ3) is 1.73. The van der Waals surface area contributed by atoms with E-state index in [1.165, 1.54) is 5.57 Å². The van der Waals surface area contributed by atoms with Crippen molar-refractivity contribution in [1.29, 1.82) is 0 Å². The maximum absolute atomic E-state index is 12.7. The van der Waals surface area contributed by atoms with E-state index >= 15 is 0 Å². The molecule has 0 aliphatic heterocycles. The highest BCUT2D eigenvalue weighted by molar-refractivity contribution is 5.99. The largest absolute Gasteiger partial charge is 0.451 e. The lowest BCUT2D eigenvalue weighted by molar-refractivity contribution is -0.0811. The molecule has 1 aromatic heterocycles. The predicted molar refractivity (Wildman–Crippen MR) is 86.1 cm³/mol. The lowest BCUT2D eigenvalue weighted by Gasteiger charge is -2.60. The van der Waals surface area contributed by atoms with Gasteiger partial charge in [0.05, 0.1) is 5.60 Å². The van der Waals surface area contributed by atoms with Crippen molar-refractivity contribution in [2.75, 3.05) is 0 Å². The van der Waals surface area contributed by atoms with E-state index < -0.39 is 5.60 Å². The van der Waals surface area contributed by atoms with E-state index in [0.717, 1.165) is 35.8 Å². The minimum absolute atomic E-state index is 0.135. The van der Waals surface area contributed by atoms with Crippen LogP contribution in [0.3, 0.4) is 0 Å². The van der Waals surface area contributed by atoms with Gasteiger partial charge in [-0.25, -0.2) is 0 Å². The number of hydrogen-bond donors (Lipinski definition) is 2. The summed E-state index contributed by atoms with van der Waals surface area (Å²) < 4.78 is 5.76. The molecule has 2 N–H and O–H groups in total. The van der Waals surface area contributed by atoms with Crippen LogP contribution in [0.4, 0.5) is 0 Å². The molecule has 0 unspecified atom stereocenters. The maximum atomic E-state index is 12.7. The normalized spacial score (nSPS) is 34.2. The number of benzene rings is 1. The van der Waals surface area contributed by atoms with Gasteiger partial charge in [0, 0.05) is 28.8 Å². The van der Waals surface area contributed by atoms with Gasteiger partial charge in [-0.2, -0.15) is 0 Å². The van der Waals surface area contributed by atoms with Crippen LogP contribution in [0.15, 0.2) is 40.3 Å². The minimum Gasteiger partial charge on any atom is -0.451 e. The highest BCUT2D eigenvalue weighted by atomic mass is 16.3. The number of fused-ring (bicyclic) bond motifs is 2. The first-order valence-corrected chi connectivity index (χ1v) is 8.27. The molecule has 5 aliphatic rings. The molecular weight excluding hydrogens is 290 g/mol. The van der Waals surface area contributed by atoms with Gasteiger partial charge < -0.3 is 14.8 Å². The van der Waals surface area contributed by atoms with Gasteiger partial charge in [0.25, 0.3) is 5.91 Å². The average molecular weight is 309 g/mol. The van der Waals surface area contributed by atoms with Gasteiger partial charge in [-0.1, -0.05) is 29.8 Å². The van der Waals surface area contributed by atoms with Crippen molar-refractivity contribution < 1.29 is 14.3 Å². The molecule has 5 aliphatic carbocycles. The summed E-state index contributed by atoms with van der Waals surface area (Å²) in [5.41, 5.74) is 2.54. The minimum atomic E-state index is -0.534. The van der Waals surface area contributed by atoms with E-state index in [1.54, 1.807) is 0 Å². The SMILES string of the molecule is Cc1c(C(=O)N[C@@H]2[C@@H]3C[C@]4(O)CC=C3[C@@H]2C4)oc2ccccc12. The summed E-state index contributed by atoms with van der Waals surface area (Å²) in [6, 6.07) is 7.86. The van der Waals surface area contributed by atoms with Gasteiger partial charge in [0.1, 0.15) is 5.58 Å². The Morgan fingerprint density at radius 3 is 2.74 bits per heavy atom. The van der Waals surface area contributed by atoms with Crippen LogP contribution in [0.25, 0.3) is 11.0 Å². The Morgan fingerprint density at radius 2 is 2.04 bits per heavy atom. The van der Waals surface area contributed by atoms with E-state index in [9.17, 15) is 9.90 Å². The molecule has 23 heavy (non-hydrogen) atoms. The number of furan rings is 1. The zero-order valence-electron chi connectivity index (χ0n) is 13.0. The van der Waals surface area contributed by atoms with Crippen LogP contribution in [0, 0.1) is 18.8 Å². The van der Waals surface area contributed by atoms with Gasteiger partial charge in [-0.05, 0) is 32.3 Å². The molecule has 1 aromatic carbocycles. The summed E-state index contributed by atoms with van der Waals surface area (Å²) in [4.78, 5) is 12.7. The number of para-hydroxylation sites is 1. The summed E-state index contributed by atoms with van der Waals surface area (Å²) >= 11 is 0. The second kappa shape index (κ2) is 4.26. The number of rotatable bonds is 2. The first kappa shape index (κ1) is 13.4. The molecule has 1 amide bonds. The molecule has 7 rings (SSSR count). The van der Waals surface area contributed by atoms with E-state index in [1.807, 2.05) is 31.2 Å². The quantitative estimate of drug-likeness (QED) is 0.838. The zero-order chi connectivity index (χ0) is 15.8. The molecule has 2 aromatic rings. The molecule has 4 atom stereocenters. The molecule has 4 nitrogen and oxygen atoms in total. The highest BCUT2D eigenvalue weighted by Gasteiger charge is 2.58. The number of carbonyl (C=O) groups is 1. The summed E-state index contributed by atoms with van der Waals surface area (Å²) in [6.07, 6.45) is 4.51. The highest BCUT2D eigenvalue weighted by Crippen LogP contribution is 2.58. The fourth-order valence-electron chi connectivity index (χ4n) is 4.83. The first-order valence-electron chi connectivity index (χ1n) is 8.27. The monoisotopic (exact) mass is 309 g/mol. The predicted octanol–water partition coefficient (Wildman–Crippen LogP) is 2.94. The number of hydrogen-bond acceptors (Lipinski definition) is 3. The Labute approximate surface area is 134 Å². The van der Waals surface area contributed by atoms with Crippen molar-refractivity contribution in [3.63, 3.8) is 0 Å². The fourth-order valence-corrected chi connectivity index (χ4v) is 4.83. The Bertz CT molecular complexity index is 847. The summed E-state index contributed by atoms with van der Waals surface area (Å²) in [6.45, 7) is 1.93. The van der Waals surface area contributed by atoms with Crippen LogP contribution < -0.4 is 5.32 Å². The average Bonchev–Trinajstić information content (AvgIpc) is 2.89. The summed E-state index contributed by atoms with van der Waals surface area (Å²) in [5, 5.41) is 14.6. The summed E-state index contributed by atoms with van der Waals surface area (Å²) in [5.74, 6) is 0.889. The van der Waals surface area contributed by atoms with Gasteiger partial charge >= 0.3 is 0 Å². The van der Waals surface area contributed by atoms with Crippen molar-refractivity contribution in [2.24, 2.45) is 11.8 Å². The van der Waals surface area contributed by atoms with Crippen LogP contribution in [0.5, 0.6) is 0 Å².